The van der Waals surface area contributed by atoms with Gasteiger partial charge >= 0.3 is 0 Å². The van der Waals surface area contributed by atoms with E-state index < -0.39 is 0 Å². The second-order valence-electron chi connectivity index (χ2n) is 5.21. The molecule has 0 heterocycles. The van der Waals surface area contributed by atoms with Crippen molar-refractivity contribution in [3.05, 3.63) is 28.2 Å². The van der Waals surface area contributed by atoms with E-state index in [1.54, 1.807) is 7.11 Å². The normalized spacial score (nSPS) is 23.1. The van der Waals surface area contributed by atoms with Gasteiger partial charge in [-0.15, -0.1) is 0 Å². The number of ether oxygens (including phenoxy) is 1. The van der Waals surface area contributed by atoms with Gasteiger partial charge in [-0.25, -0.2) is 0 Å². The average Bonchev–Trinajstić information content (AvgIpc) is 2.76. The number of benzene rings is 1. The molecule has 1 aromatic rings. The summed E-state index contributed by atoms with van der Waals surface area (Å²) in [5.74, 6) is 2.11. The van der Waals surface area contributed by atoms with Gasteiger partial charge in [0.05, 0.1) is 7.11 Å². The highest BCUT2D eigenvalue weighted by Crippen LogP contribution is 2.33. The van der Waals surface area contributed by atoms with Crippen LogP contribution in [0.1, 0.15) is 31.7 Å². The minimum atomic E-state index is 0.253. The molecule has 0 spiro atoms. The van der Waals surface area contributed by atoms with E-state index in [0.29, 0.717) is 18.1 Å². The lowest BCUT2D eigenvalue weighted by Gasteiger charge is -2.11. The molecule has 18 heavy (non-hydrogen) atoms. The van der Waals surface area contributed by atoms with E-state index in [1.807, 2.05) is 18.2 Å². The molecule has 2 unspecified atom stereocenters. The number of carbonyl (C=O) groups excluding carboxylic acids is 1. The van der Waals surface area contributed by atoms with E-state index in [-0.39, 0.29) is 5.92 Å². The van der Waals surface area contributed by atoms with Gasteiger partial charge < -0.3 is 4.74 Å². The molecule has 0 saturated heterocycles. The Morgan fingerprint density at radius 3 is 2.83 bits per heavy atom. The largest absolute Gasteiger partial charge is 0.496 e. The Kier molecular flexibility index (Phi) is 4.44. The number of rotatable bonds is 4. The van der Waals surface area contributed by atoms with E-state index in [1.165, 1.54) is 6.42 Å². The Morgan fingerprint density at radius 1 is 1.44 bits per heavy atom. The molecule has 1 aromatic carbocycles. The maximum Gasteiger partial charge on any atom is 0.140 e. The minimum Gasteiger partial charge on any atom is -0.496 e. The van der Waals surface area contributed by atoms with Gasteiger partial charge in [0.2, 0.25) is 0 Å². The zero-order valence-corrected chi connectivity index (χ0v) is 12.5. The molecule has 0 N–H and O–H groups in total. The molecule has 0 aliphatic heterocycles. The number of ketones is 1. The molecule has 1 saturated carbocycles. The van der Waals surface area contributed by atoms with E-state index in [4.69, 9.17) is 4.74 Å². The van der Waals surface area contributed by atoms with Crippen LogP contribution in [0, 0.1) is 11.8 Å². The van der Waals surface area contributed by atoms with Gasteiger partial charge in [0.25, 0.3) is 0 Å². The molecule has 0 bridgehead atoms. The summed E-state index contributed by atoms with van der Waals surface area (Å²) in [4.78, 5) is 12.3. The second kappa shape index (κ2) is 5.87. The highest BCUT2D eigenvalue weighted by Gasteiger charge is 2.27. The lowest BCUT2D eigenvalue weighted by molar-refractivity contribution is -0.122. The van der Waals surface area contributed by atoms with Gasteiger partial charge in [-0.3, -0.25) is 4.79 Å². The fourth-order valence-electron chi connectivity index (χ4n) is 2.72. The fraction of sp³-hybridized carbons (Fsp3) is 0.533. The highest BCUT2D eigenvalue weighted by atomic mass is 79.9. The summed E-state index contributed by atoms with van der Waals surface area (Å²) in [6.07, 6.45) is 3.78. The van der Waals surface area contributed by atoms with Gasteiger partial charge in [-0.1, -0.05) is 22.9 Å². The number of Topliss-reactive ketones (excluding diaryl/α,β-unsaturated/α-hetero) is 1. The standard InChI is InChI=1S/C15H19BrO2/c1-10-3-4-11(7-10)14(17)9-12-8-13(16)5-6-15(12)18-2/h5-6,8,10-11H,3-4,7,9H2,1-2H3. The first-order valence-electron chi connectivity index (χ1n) is 6.45. The van der Waals surface area contributed by atoms with Crippen molar-refractivity contribution >= 4 is 21.7 Å². The summed E-state index contributed by atoms with van der Waals surface area (Å²) in [7, 11) is 1.65. The Labute approximate surface area is 117 Å². The summed E-state index contributed by atoms with van der Waals surface area (Å²) in [5.41, 5.74) is 0.983. The van der Waals surface area contributed by atoms with Crippen LogP contribution in [-0.2, 0) is 11.2 Å². The number of halogens is 1. The first-order valence-corrected chi connectivity index (χ1v) is 7.24. The molecule has 0 aromatic heterocycles. The Hall–Kier alpha value is -0.830. The zero-order chi connectivity index (χ0) is 13.1. The third kappa shape index (κ3) is 3.14. The molecule has 98 valence electrons. The second-order valence-corrected chi connectivity index (χ2v) is 6.13. The molecule has 0 radical (unpaired) electrons. The van der Waals surface area contributed by atoms with Crippen molar-refractivity contribution in [3.8, 4) is 5.75 Å². The van der Waals surface area contributed by atoms with E-state index in [2.05, 4.69) is 22.9 Å². The topological polar surface area (TPSA) is 26.3 Å². The molecule has 3 heteroatoms. The molecular weight excluding hydrogens is 292 g/mol. The lowest BCUT2D eigenvalue weighted by Crippen LogP contribution is -2.14. The molecule has 1 aliphatic rings. The van der Waals surface area contributed by atoms with Crippen LogP contribution in [0.5, 0.6) is 5.75 Å². The minimum absolute atomic E-state index is 0.253. The summed E-state index contributed by atoms with van der Waals surface area (Å²) < 4.78 is 6.30. The molecule has 1 aliphatic carbocycles. The molecule has 2 atom stereocenters. The predicted molar refractivity (Wildman–Crippen MR) is 75.9 cm³/mol. The van der Waals surface area contributed by atoms with Crippen LogP contribution in [0.3, 0.4) is 0 Å². The lowest BCUT2D eigenvalue weighted by atomic mass is 9.95. The van der Waals surface area contributed by atoms with Crippen LogP contribution in [0.4, 0.5) is 0 Å². The third-order valence-corrected chi connectivity index (χ3v) is 4.25. The van der Waals surface area contributed by atoms with Gasteiger partial charge in [0.15, 0.2) is 0 Å². The Balaban J connectivity index is 2.09. The third-order valence-electron chi connectivity index (χ3n) is 3.76. The van der Waals surface area contributed by atoms with Gasteiger partial charge in [0.1, 0.15) is 11.5 Å². The molecule has 1 fully saturated rings. The summed E-state index contributed by atoms with van der Waals surface area (Å²) in [6, 6.07) is 5.82. The number of methoxy groups -OCH3 is 1. The number of hydrogen-bond donors (Lipinski definition) is 0. The SMILES string of the molecule is COc1ccc(Br)cc1CC(=O)C1CCC(C)C1. The van der Waals surface area contributed by atoms with Crippen LogP contribution in [0.2, 0.25) is 0 Å². The first kappa shape index (κ1) is 13.6. The van der Waals surface area contributed by atoms with E-state index >= 15 is 0 Å². The van der Waals surface area contributed by atoms with Crippen LogP contribution >= 0.6 is 15.9 Å². The fourth-order valence-corrected chi connectivity index (χ4v) is 3.13. The highest BCUT2D eigenvalue weighted by molar-refractivity contribution is 9.10. The molecule has 0 amide bonds. The first-order chi connectivity index (χ1) is 8.60. The van der Waals surface area contributed by atoms with Crippen molar-refractivity contribution in [2.45, 2.75) is 32.6 Å². The quantitative estimate of drug-likeness (QED) is 0.840. The van der Waals surface area contributed by atoms with Crippen LogP contribution in [-0.4, -0.2) is 12.9 Å². The Morgan fingerprint density at radius 2 is 2.22 bits per heavy atom. The summed E-state index contributed by atoms with van der Waals surface area (Å²) in [6.45, 7) is 2.23. The maximum atomic E-state index is 12.3. The molecular formula is C15H19BrO2. The van der Waals surface area contributed by atoms with Crippen LogP contribution in [0.25, 0.3) is 0 Å². The van der Waals surface area contributed by atoms with Crippen molar-refractivity contribution in [2.24, 2.45) is 11.8 Å². The van der Waals surface area contributed by atoms with Gasteiger partial charge in [-0.05, 0) is 43.4 Å². The average molecular weight is 311 g/mol. The summed E-state index contributed by atoms with van der Waals surface area (Å²) in [5, 5.41) is 0. The molecule has 2 nitrogen and oxygen atoms in total. The zero-order valence-electron chi connectivity index (χ0n) is 10.9. The number of carbonyl (C=O) groups is 1. The van der Waals surface area contributed by atoms with Gasteiger partial charge in [-0.2, -0.15) is 0 Å². The van der Waals surface area contributed by atoms with Gasteiger partial charge in [0, 0.05) is 22.4 Å². The van der Waals surface area contributed by atoms with Crippen molar-refractivity contribution in [3.63, 3.8) is 0 Å². The maximum absolute atomic E-state index is 12.3. The summed E-state index contributed by atoms with van der Waals surface area (Å²) >= 11 is 3.44. The molecule has 2 rings (SSSR count). The van der Waals surface area contributed by atoms with Crippen molar-refractivity contribution in [2.75, 3.05) is 7.11 Å². The van der Waals surface area contributed by atoms with Crippen molar-refractivity contribution < 1.29 is 9.53 Å². The van der Waals surface area contributed by atoms with E-state index in [9.17, 15) is 4.79 Å². The van der Waals surface area contributed by atoms with Crippen LogP contribution < -0.4 is 4.74 Å². The van der Waals surface area contributed by atoms with Crippen molar-refractivity contribution in [1.29, 1.82) is 0 Å². The predicted octanol–water partition coefficient (Wildman–Crippen LogP) is 4.01. The monoisotopic (exact) mass is 310 g/mol. The Bertz CT molecular complexity index is 442. The van der Waals surface area contributed by atoms with Crippen LogP contribution in [0.15, 0.2) is 22.7 Å². The van der Waals surface area contributed by atoms with Crippen molar-refractivity contribution in [1.82, 2.24) is 0 Å². The van der Waals surface area contributed by atoms with E-state index in [0.717, 1.165) is 28.6 Å². The smallest absolute Gasteiger partial charge is 0.140 e. The number of hydrogen-bond acceptors (Lipinski definition) is 2.